The fraction of sp³-hybridized carbons (Fsp3) is 0.0556. The first-order valence-corrected chi connectivity index (χ1v) is 8.34. The lowest BCUT2D eigenvalue weighted by atomic mass is 10.2. The lowest BCUT2D eigenvalue weighted by Gasteiger charge is -2.04. The minimum atomic E-state index is -0.214. The number of nitrogens with zero attached hydrogens (tertiary/aromatic N) is 2. The summed E-state index contributed by atoms with van der Waals surface area (Å²) in [4.78, 5) is 24.2. The lowest BCUT2D eigenvalue weighted by Crippen LogP contribution is -2.17. The molecule has 0 bridgehead atoms. The van der Waals surface area contributed by atoms with Crippen molar-refractivity contribution in [1.29, 1.82) is 0 Å². The lowest BCUT2D eigenvalue weighted by molar-refractivity contribution is -0.113. The number of thioether (sulfide) groups is 1. The minimum Gasteiger partial charge on any atom is -0.360 e. The molecule has 0 unspecified atom stereocenters. The number of nitrogens with one attached hydrogen (secondary N) is 2. The molecule has 4 rings (SSSR count). The number of benzene rings is 1. The molecule has 0 saturated heterocycles. The van der Waals surface area contributed by atoms with E-state index in [0.717, 1.165) is 22.2 Å². The van der Waals surface area contributed by atoms with Gasteiger partial charge in [0.25, 0.3) is 5.91 Å². The van der Waals surface area contributed by atoms with Gasteiger partial charge in [0.1, 0.15) is 5.65 Å². The van der Waals surface area contributed by atoms with Crippen LogP contribution in [0.2, 0.25) is 0 Å². The largest absolute Gasteiger partial charge is 0.360 e. The van der Waals surface area contributed by atoms with Crippen LogP contribution < -0.4 is 5.32 Å². The number of carbonyl (C=O) groups is 1. The molecule has 126 valence electrons. The number of amides is 1. The molecule has 0 fully saturated rings. The fourth-order valence-electron chi connectivity index (χ4n) is 2.50. The monoisotopic (exact) mass is 370 g/mol. The van der Waals surface area contributed by atoms with Crippen molar-refractivity contribution in [3.05, 3.63) is 70.9 Å². The molecule has 2 aromatic heterocycles. The predicted octanol–water partition coefficient (Wildman–Crippen LogP) is 3.74. The van der Waals surface area contributed by atoms with Crippen molar-refractivity contribution in [2.24, 2.45) is 4.99 Å². The molecule has 0 spiro atoms. The molecule has 5 nitrogen and oxygen atoms in total. The van der Waals surface area contributed by atoms with Gasteiger partial charge in [0.15, 0.2) is 5.17 Å². The van der Waals surface area contributed by atoms with Gasteiger partial charge in [-0.05, 0) is 35.5 Å². The Bertz CT molecular complexity index is 965. The summed E-state index contributed by atoms with van der Waals surface area (Å²) in [5.74, 6) is -0.214. The zero-order valence-corrected chi connectivity index (χ0v) is 14.7. The maximum absolute atomic E-state index is 12.1. The number of rotatable bonds is 3. The summed E-state index contributed by atoms with van der Waals surface area (Å²) in [5, 5.41) is 4.83. The molecular formula is C18H15ClN4OS. The van der Waals surface area contributed by atoms with Crippen molar-refractivity contribution >= 4 is 52.4 Å². The number of aliphatic imine (C=N–C) groups is 1. The third-order valence-corrected chi connectivity index (χ3v) is 4.62. The number of hydrogen-bond donors (Lipinski definition) is 2. The summed E-state index contributed by atoms with van der Waals surface area (Å²) in [5.41, 5.74) is 2.89. The Kier molecular flexibility index (Phi) is 5.21. The molecule has 0 radical (unpaired) electrons. The van der Waals surface area contributed by atoms with E-state index in [0.29, 0.717) is 16.6 Å². The van der Waals surface area contributed by atoms with Crippen LogP contribution in [0.5, 0.6) is 0 Å². The fourth-order valence-corrected chi connectivity index (χ4v) is 3.30. The molecule has 2 N–H and O–H groups in total. The molecule has 0 saturated carbocycles. The van der Waals surface area contributed by atoms with Crippen LogP contribution in [0.25, 0.3) is 17.1 Å². The zero-order valence-electron chi connectivity index (χ0n) is 13.1. The highest BCUT2D eigenvalue weighted by Crippen LogP contribution is 2.29. The normalized spacial score (nSPS) is 15.3. The van der Waals surface area contributed by atoms with Crippen molar-refractivity contribution in [1.82, 2.24) is 15.3 Å². The van der Waals surface area contributed by atoms with E-state index in [9.17, 15) is 4.79 Å². The van der Waals surface area contributed by atoms with Crippen LogP contribution in [0.3, 0.4) is 0 Å². The number of hydrogen-bond acceptors (Lipinski definition) is 4. The summed E-state index contributed by atoms with van der Waals surface area (Å²) in [6, 6.07) is 13.9. The van der Waals surface area contributed by atoms with Gasteiger partial charge in [-0.15, -0.1) is 12.4 Å². The highest BCUT2D eigenvalue weighted by molar-refractivity contribution is 8.18. The quantitative estimate of drug-likeness (QED) is 0.689. The second-order valence-electron chi connectivity index (χ2n) is 5.32. The molecule has 25 heavy (non-hydrogen) atoms. The van der Waals surface area contributed by atoms with Crippen LogP contribution in [0, 0.1) is 0 Å². The molecule has 0 aliphatic carbocycles. The van der Waals surface area contributed by atoms with Crippen molar-refractivity contribution in [2.75, 3.05) is 0 Å². The third-order valence-electron chi connectivity index (χ3n) is 3.68. The Morgan fingerprint density at radius 3 is 2.84 bits per heavy atom. The molecule has 3 aromatic rings. The number of amidine groups is 1. The summed E-state index contributed by atoms with van der Waals surface area (Å²) in [7, 11) is 0. The predicted molar refractivity (Wildman–Crippen MR) is 105 cm³/mol. The number of pyridine rings is 1. The SMILES string of the molecule is Cl.O=C1N=C(NCc2ccccc2)S/C1=C\c1c[nH]c2ncccc12. The third kappa shape index (κ3) is 3.75. The summed E-state index contributed by atoms with van der Waals surface area (Å²) >= 11 is 1.36. The summed E-state index contributed by atoms with van der Waals surface area (Å²) in [6.07, 6.45) is 5.45. The van der Waals surface area contributed by atoms with E-state index in [-0.39, 0.29) is 18.3 Å². The van der Waals surface area contributed by atoms with Crippen molar-refractivity contribution in [2.45, 2.75) is 6.54 Å². The van der Waals surface area contributed by atoms with Gasteiger partial charge < -0.3 is 10.3 Å². The summed E-state index contributed by atoms with van der Waals surface area (Å²) < 4.78 is 0. The van der Waals surface area contributed by atoms with Crippen LogP contribution in [0.1, 0.15) is 11.1 Å². The number of halogens is 1. The first-order chi connectivity index (χ1) is 11.8. The van der Waals surface area contributed by atoms with E-state index in [1.807, 2.05) is 54.7 Å². The van der Waals surface area contributed by atoms with E-state index in [2.05, 4.69) is 20.3 Å². The van der Waals surface area contributed by atoms with Gasteiger partial charge in [-0.3, -0.25) is 4.79 Å². The van der Waals surface area contributed by atoms with Crippen molar-refractivity contribution in [3.63, 3.8) is 0 Å². The maximum atomic E-state index is 12.1. The molecule has 0 atom stereocenters. The number of aromatic nitrogens is 2. The van der Waals surface area contributed by atoms with E-state index < -0.39 is 0 Å². The van der Waals surface area contributed by atoms with Gasteiger partial charge in [-0.25, -0.2) is 4.98 Å². The van der Waals surface area contributed by atoms with Gasteiger partial charge in [-0.2, -0.15) is 4.99 Å². The minimum absolute atomic E-state index is 0. The highest BCUT2D eigenvalue weighted by atomic mass is 35.5. The highest BCUT2D eigenvalue weighted by Gasteiger charge is 2.22. The molecule has 7 heteroatoms. The van der Waals surface area contributed by atoms with E-state index in [4.69, 9.17) is 0 Å². The number of aromatic amines is 1. The molecule has 1 aliphatic rings. The van der Waals surface area contributed by atoms with Crippen LogP contribution >= 0.6 is 24.2 Å². The molecule has 1 aliphatic heterocycles. The van der Waals surface area contributed by atoms with Crippen molar-refractivity contribution < 1.29 is 4.79 Å². The zero-order chi connectivity index (χ0) is 16.4. The molecular weight excluding hydrogens is 356 g/mol. The van der Waals surface area contributed by atoms with Crippen molar-refractivity contribution in [3.8, 4) is 0 Å². The molecule has 1 amide bonds. The van der Waals surface area contributed by atoms with Gasteiger partial charge in [0.2, 0.25) is 0 Å². The van der Waals surface area contributed by atoms with Crippen LogP contribution in [-0.4, -0.2) is 21.0 Å². The number of H-pyrrole nitrogens is 1. The maximum Gasteiger partial charge on any atom is 0.286 e. The second-order valence-corrected chi connectivity index (χ2v) is 6.35. The second kappa shape index (κ2) is 7.55. The Balaban J connectivity index is 0.00000182. The smallest absolute Gasteiger partial charge is 0.286 e. The van der Waals surface area contributed by atoms with Gasteiger partial charge in [0.05, 0.1) is 4.91 Å². The van der Waals surface area contributed by atoms with Gasteiger partial charge >= 0.3 is 0 Å². The van der Waals surface area contributed by atoms with E-state index in [1.54, 1.807) is 6.20 Å². The standard InChI is InChI=1S/C18H14N4OS.ClH/c23-17-15(9-13-11-20-16-14(13)7-4-8-19-16)24-18(22-17)21-10-12-5-2-1-3-6-12;/h1-9,11H,10H2,(H,19,20)(H,21,22,23);1H/b15-9-;. The molecule has 3 heterocycles. The van der Waals surface area contributed by atoms with E-state index >= 15 is 0 Å². The number of fused-ring (bicyclic) bond motifs is 1. The first-order valence-electron chi connectivity index (χ1n) is 7.52. The Morgan fingerprint density at radius 2 is 2.00 bits per heavy atom. The Hall–Kier alpha value is -2.57. The van der Waals surface area contributed by atoms with Crippen LogP contribution in [0.15, 0.2) is 64.8 Å². The molecule has 1 aromatic carbocycles. The summed E-state index contributed by atoms with van der Waals surface area (Å²) in [6.45, 7) is 0.643. The average molecular weight is 371 g/mol. The number of carbonyl (C=O) groups excluding carboxylic acids is 1. The van der Waals surface area contributed by atoms with Gasteiger partial charge in [-0.1, -0.05) is 30.3 Å². The first kappa shape index (κ1) is 17.3. The Morgan fingerprint density at radius 1 is 1.16 bits per heavy atom. The van der Waals surface area contributed by atoms with Crippen LogP contribution in [0.4, 0.5) is 0 Å². The topological polar surface area (TPSA) is 70.1 Å². The van der Waals surface area contributed by atoms with Crippen LogP contribution in [-0.2, 0) is 11.3 Å². The van der Waals surface area contributed by atoms with E-state index in [1.165, 1.54) is 11.8 Å². The Labute approximate surface area is 155 Å². The average Bonchev–Trinajstić information content (AvgIpc) is 3.18. The van der Waals surface area contributed by atoms with Gasteiger partial charge in [0, 0.05) is 29.9 Å².